The van der Waals surface area contributed by atoms with Gasteiger partial charge in [-0.1, -0.05) is 37.3 Å². The molecule has 3 rings (SSSR count). The van der Waals surface area contributed by atoms with E-state index in [1.165, 1.54) is 0 Å². The van der Waals surface area contributed by atoms with Crippen molar-refractivity contribution in [2.75, 3.05) is 11.9 Å². The summed E-state index contributed by atoms with van der Waals surface area (Å²) >= 11 is 1.59. The van der Waals surface area contributed by atoms with Gasteiger partial charge in [0.1, 0.15) is 11.6 Å². The second-order valence-electron chi connectivity index (χ2n) is 5.13. The first-order valence-corrected chi connectivity index (χ1v) is 8.38. The summed E-state index contributed by atoms with van der Waals surface area (Å²) in [5, 5.41) is 3.78. The third-order valence-electron chi connectivity index (χ3n) is 3.47. The maximum Gasteiger partial charge on any atom is 0.250 e. The number of carbonyl (C=O) groups is 1. The number of fused-ring (bicyclic) bond motifs is 1. The van der Waals surface area contributed by atoms with Crippen LogP contribution in [0, 0.1) is 0 Å². The Labute approximate surface area is 139 Å². The van der Waals surface area contributed by atoms with Gasteiger partial charge in [0, 0.05) is 5.69 Å². The highest BCUT2D eigenvalue weighted by Crippen LogP contribution is 2.22. The number of anilines is 1. The molecule has 0 bridgehead atoms. The molecule has 3 aromatic rings. The molecule has 2 aromatic carbocycles. The molecule has 118 valence electrons. The van der Waals surface area contributed by atoms with E-state index < -0.39 is 0 Å². The van der Waals surface area contributed by atoms with Gasteiger partial charge in [-0.05, 0) is 30.2 Å². The molecule has 0 unspecified atom stereocenters. The molecule has 4 nitrogen and oxygen atoms in total. The second kappa shape index (κ2) is 7.35. The smallest absolute Gasteiger partial charge is 0.250 e. The second-order valence-corrected chi connectivity index (χ2v) is 6.24. The monoisotopic (exact) mass is 326 g/mol. The van der Waals surface area contributed by atoms with Gasteiger partial charge in [-0.3, -0.25) is 4.79 Å². The van der Waals surface area contributed by atoms with E-state index in [-0.39, 0.29) is 12.5 Å². The van der Waals surface area contributed by atoms with Gasteiger partial charge < -0.3 is 10.1 Å². The molecule has 5 heteroatoms. The Hall–Kier alpha value is -2.24. The van der Waals surface area contributed by atoms with E-state index in [1.54, 1.807) is 11.3 Å². The van der Waals surface area contributed by atoms with Crippen LogP contribution in [0.2, 0.25) is 0 Å². The van der Waals surface area contributed by atoms with E-state index in [1.807, 2.05) is 48.5 Å². The van der Waals surface area contributed by atoms with Gasteiger partial charge in [-0.2, -0.15) is 0 Å². The largest absolute Gasteiger partial charge is 0.364 e. The molecule has 1 amide bonds. The normalized spacial score (nSPS) is 10.8. The Bertz CT molecular complexity index is 780. The van der Waals surface area contributed by atoms with E-state index in [2.05, 4.69) is 17.2 Å². The third-order valence-corrected chi connectivity index (χ3v) is 4.48. The summed E-state index contributed by atoms with van der Waals surface area (Å²) in [7, 11) is 0. The SMILES string of the molecule is CCc1ccccc1NC(=O)COCc1nc2ccccc2s1. The molecule has 23 heavy (non-hydrogen) atoms. The van der Waals surface area contributed by atoms with E-state index in [0.717, 1.165) is 32.9 Å². The van der Waals surface area contributed by atoms with Crippen LogP contribution in [0.15, 0.2) is 48.5 Å². The highest BCUT2D eigenvalue weighted by Gasteiger charge is 2.07. The number of nitrogens with one attached hydrogen (secondary N) is 1. The molecule has 0 saturated heterocycles. The minimum Gasteiger partial charge on any atom is -0.364 e. The lowest BCUT2D eigenvalue weighted by molar-refractivity contribution is -0.121. The Balaban J connectivity index is 1.53. The Morgan fingerprint density at radius 2 is 1.96 bits per heavy atom. The number of thiazole rings is 1. The van der Waals surface area contributed by atoms with Crippen molar-refractivity contribution in [3.63, 3.8) is 0 Å². The molecule has 0 atom stereocenters. The minimum absolute atomic E-state index is 0.0218. The van der Waals surface area contributed by atoms with Crippen LogP contribution in [-0.4, -0.2) is 17.5 Å². The highest BCUT2D eigenvalue weighted by molar-refractivity contribution is 7.18. The summed E-state index contributed by atoms with van der Waals surface area (Å²) in [5.74, 6) is -0.146. The minimum atomic E-state index is -0.146. The molecular weight excluding hydrogens is 308 g/mol. The summed E-state index contributed by atoms with van der Waals surface area (Å²) < 4.78 is 6.62. The van der Waals surface area contributed by atoms with E-state index in [0.29, 0.717) is 6.61 Å². The molecule has 0 aliphatic heterocycles. The lowest BCUT2D eigenvalue weighted by atomic mass is 10.1. The zero-order chi connectivity index (χ0) is 16.1. The number of nitrogens with zero attached hydrogens (tertiary/aromatic N) is 1. The van der Waals surface area contributed by atoms with Crippen molar-refractivity contribution in [2.24, 2.45) is 0 Å². The average molecular weight is 326 g/mol. The number of para-hydroxylation sites is 2. The van der Waals surface area contributed by atoms with Crippen LogP contribution in [0.25, 0.3) is 10.2 Å². The van der Waals surface area contributed by atoms with Crippen molar-refractivity contribution < 1.29 is 9.53 Å². The van der Waals surface area contributed by atoms with Crippen molar-refractivity contribution in [1.29, 1.82) is 0 Å². The fourth-order valence-corrected chi connectivity index (χ4v) is 3.25. The number of aromatic nitrogens is 1. The molecule has 1 N–H and O–H groups in total. The quantitative estimate of drug-likeness (QED) is 0.744. The van der Waals surface area contributed by atoms with Crippen LogP contribution in [0.5, 0.6) is 0 Å². The number of hydrogen-bond donors (Lipinski definition) is 1. The first kappa shape index (κ1) is 15.6. The average Bonchev–Trinajstić information content (AvgIpc) is 2.98. The zero-order valence-electron chi connectivity index (χ0n) is 12.9. The third kappa shape index (κ3) is 3.94. The van der Waals surface area contributed by atoms with E-state index in [4.69, 9.17) is 4.74 Å². The first-order chi connectivity index (χ1) is 11.3. The topological polar surface area (TPSA) is 51.2 Å². The van der Waals surface area contributed by atoms with Crippen molar-refractivity contribution >= 4 is 33.1 Å². The van der Waals surface area contributed by atoms with Crippen LogP contribution >= 0.6 is 11.3 Å². The van der Waals surface area contributed by atoms with Crippen LogP contribution in [-0.2, 0) is 22.6 Å². The van der Waals surface area contributed by atoms with Gasteiger partial charge in [0.2, 0.25) is 5.91 Å². The number of carbonyl (C=O) groups excluding carboxylic acids is 1. The van der Waals surface area contributed by atoms with Gasteiger partial charge in [-0.25, -0.2) is 4.98 Å². The molecular formula is C18H18N2O2S. The Kier molecular flexibility index (Phi) is 5.00. The summed E-state index contributed by atoms with van der Waals surface area (Å²) in [4.78, 5) is 16.5. The molecule has 0 aliphatic rings. The molecule has 1 heterocycles. The first-order valence-electron chi connectivity index (χ1n) is 7.56. The Morgan fingerprint density at radius 1 is 1.17 bits per heavy atom. The molecule has 1 aromatic heterocycles. The molecule has 0 spiro atoms. The maximum absolute atomic E-state index is 12.0. The summed E-state index contributed by atoms with van der Waals surface area (Å²) in [6.07, 6.45) is 0.878. The highest BCUT2D eigenvalue weighted by atomic mass is 32.1. The number of amides is 1. The van der Waals surface area contributed by atoms with Crippen LogP contribution in [0.1, 0.15) is 17.5 Å². The predicted octanol–water partition coefficient (Wildman–Crippen LogP) is 4.01. The summed E-state index contributed by atoms with van der Waals surface area (Å²) in [6, 6.07) is 15.8. The molecule has 0 saturated carbocycles. The number of ether oxygens (including phenoxy) is 1. The lowest BCUT2D eigenvalue weighted by Gasteiger charge is -2.09. The van der Waals surface area contributed by atoms with E-state index >= 15 is 0 Å². The van der Waals surface area contributed by atoms with Gasteiger partial charge in [0.05, 0.1) is 16.8 Å². The molecule has 0 radical (unpaired) electrons. The fraction of sp³-hybridized carbons (Fsp3) is 0.222. The number of rotatable bonds is 6. The summed E-state index contributed by atoms with van der Waals surface area (Å²) in [5.41, 5.74) is 2.94. The number of benzene rings is 2. The molecule has 0 aliphatic carbocycles. The van der Waals surface area contributed by atoms with Crippen LogP contribution < -0.4 is 5.32 Å². The van der Waals surface area contributed by atoms with Crippen molar-refractivity contribution in [2.45, 2.75) is 20.0 Å². The maximum atomic E-state index is 12.0. The van der Waals surface area contributed by atoms with Gasteiger partial charge in [0.25, 0.3) is 0 Å². The van der Waals surface area contributed by atoms with Crippen molar-refractivity contribution in [3.05, 3.63) is 59.1 Å². The number of hydrogen-bond acceptors (Lipinski definition) is 4. The van der Waals surface area contributed by atoms with Crippen molar-refractivity contribution in [1.82, 2.24) is 4.98 Å². The van der Waals surface area contributed by atoms with Crippen LogP contribution in [0.3, 0.4) is 0 Å². The molecule has 0 fully saturated rings. The van der Waals surface area contributed by atoms with Crippen LogP contribution in [0.4, 0.5) is 5.69 Å². The zero-order valence-corrected chi connectivity index (χ0v) is 13.7. The Morgan fingerprint density at radius 3 is 2.78 bits per heavy atom. The standard InChI is InChI=1S/C18H18N2O2S/c1-2-13-7-3-4-8-14(13)19-17(21)11-22-12-18-20-15-9-5-6-10-16(15)23-18/h3-10H,2,11-12H2,1H3,(H,19,21). The predicted molar refractivity (Wildman–Crippen MR) is 93.7 cm³/mol. The van der Waals surface area contributed by atoms with Gasteiger partial charge >= 0.3 is 0 Å². The lowest BCUT2D eigenvalue weighted by Crippen LogP contribution is -2.19. The van der Waals surface area contributed by atoms with Crippen molar-refractivity contribution in [3.8, 4) is 0 Å². The van der Waals surface area contributed by atoms with E-state index in [9.17, 15) is 4.79 Å². The van der Waals surface area contributed by atoms with Gasteiger partial charge in [-0.15, -0.1) is 11.3 Å². The fourth-order valence-electron chi connectivity index (χ4n) is 2.35. The van der Waals surface area contributed by atoms with Gasteiger partial charge in [0.15, 0.2) is 0 Å². The number of aryl methyl sites for hydroxylation is 1. The summed E-state index contributed by atoms with van der Waals surface area (Å²) in [6.45, 7) is 2.44.